The Bertz CT molecular complexity index is 809. The van der Waals surface area contributed by atoms with Crippen molar-refractivity contribution in [1.82, 2.24) is 25.1 Å². The SMILES string of the molecule is FS(F)(F)(F)(F)c1ccc(-n2nnnc2CN2C[C@@H]3C[C@H]2CO3)cc1. The lowest BCUT2D eigenvalue weighted by atomic mass is 10.2. The van der Waals surface area contributed by atoms with E-state index < -0.39 is 15.1 Å². The third-order valence-electron chi connectivity index (χ3n) is 4.42. The predicted octanol–water partition coefficient (Wildman–Crippen LogP) is 3.29. The number of benzene rings is 1. The minimum absolute atomic E-state index is 0.186. The Kier molecular flexibility index (Phi) is 3.12. The highest BCUT2D eigenvalue weighted by Gasteiger charge is 2.65. The van der Waals surface area contributed by atoms with Gasteiger partial charge in [0.15, 0.2) is 5.82 Å². The number of ether oxygens (including phenoxy) is 1. The quantitative estimate of drug-likeness (QED) is 0.759. The number of hydrogen-bond acceptors (Lipinski definition) is 5. The van der Waals surface area contributed by atoms with E-state index in [0.717, 1.165) is 25.1 Å². The molecule has 0 spiro atoms. The van der Waals surface area contributed by atoms with Crippen molar-refractivity contribution in [2.24, 2.45) is 0 Å². The number of rotatable bonds is 4. The molecule has 2 saturated heterocycles. The van der Waals surface area contributed by atoms with Crippen LogP contribution in [-0.4, -0.2) is 50.4 Å². The third kappa shape index (κ3) is 3.20. The minimum Gasteiger partial charge on any atom is -0.375 e. The molecule has 2 aliphatic rings. The van der Waals surface area contributed by atoms with Crippen molar-refractivity contribution < 1.29 is 24.2 Å². The molecule has 2 atom stereocenters. The molecule has 3 heterocycles. The number of halogens is 5. The first-order chi connectivity index (χ1) is 11.5. The van der Waals surface area contributed by atoms with E-state index in [-0.39, 0.29) is 17.8 Å². The van der Waals surface area contributed by atoms with Crippen LogP contribution in [0.1, 0.15) is 12.2 Å². The molecule has 0 aliphatic carbocycles. The number of hydrogen-bond donors (Lipinski definition) is 0. The standard InChI is InChI=1S/C13H14F5N5OS/c14-25(15,16,17,18)12-3-1-9(2-4-12)23-13(19-20-21-23)7-22-6-11-5-10(22)8-24-11/h1-4,10-11H,5-8H2/t10-,11-/m0/s1. The molecule has 0 amide bonds. The summed E-state index contributed by atoms with van der Waals surface area (Å²) in [6.07, 6.45) is 1.12. The Hall–Kier alpha value is -1.79. The van der Waals surface area contributed by atoms with Crippen molar-refractivity contribution in [3.8, 4) is 5.69 Å². The van der Waals surface area contributed by atoms with Crippen LogP contribution in [0.4, 0.5) is 19.4 Å². The van der Waals surface area contributed by atoms with Gasteiger partial charge in [-0.05, 0) is 41.1 Å². The molecule has 4 rings (SSSR count). The molecule has 12 heteroatoms. The van der Waals surface area contributed by atoms with Crippen molar-refractivity contribution in [3.05, 3.63) is 30.1 Å². The van der Waals surface area contributed by atoms with Gasteiger partial charge in [-0.15, -0.1) is 5.10 Å². The van der Waals surface area contributed by atoms with Gasteiger partial charge in [-0.25, -0.2) is 0 Å². The van der Waals surface area contributed by atoms with Crippen LogP contribution in [0.15, 0.2) is 29.2 Å². The number of morpholine rings is 1. The van der Waals surface area contributed by atoms with Crippen LogP contribution in [0.5, 0.6) is 0 Å². The number of likely N-dealkylation sites (tertiary alicyclic amines) is 1. The van der Waals surface area contributed by atoms with Crippen molar-refractivity contribution in [2.75, 3.05) is 13.2 Å². The van der Waals surface area contributed by atoms with Gasteiger partial charge in [0.1, 0.15) is 4.90 Å². The molecule has 0 saturated carbocycles. The molecule has 1 aromatic heterocycles. The zero-order valence-electron chi connectivity index (χ0n) is 12.7. The molecule has 138 valence electrons. The maximum atomic E-state index is 12.8. The van der Waals surface area contributed by atoms with Crippen molar-refractivity contribution in [2.45, 2.75) is 30.0 Å². The minimum atomic E-state index is -9.68. The molecule has 6 nitrogen and oxygen atoms in total. The predicted molar refractivity (Wildman–Crippen MR) is 79.1 cm³/mol. The topological polar surface area (TPSA) is 56.1 Å². The van der Waals surface area contributed by atoms with Gasteiger partial charge in [-0.2, -0.15) is 4.68 Å². The molecular weight excluding hydrogens is 369 g/mol. The van der Waals surface area contributed by atoms with E-state index in [1.807, 2.05) is 0 Å². The second-order valence-electron chi connectivity index (χ2n) is 6.24. The number of aromatic nitrogens is 4. The van der Waals surface area contributed by atoms with Gasteiger partial charge in [0.2, 0.25) is 0 Å². The summed E-state index contributed by atoms with van der Waals surface area (Å²) in [5.74, 6) is 0.424. The van der Waals surface area contributed by atoms with Gasteiger partial charge in [-0.3, -0.25) is 4.90 Å². The first-order valence-corrected chi connectivity index (χ1v) is 9.42. The zero-order valence-corrected chi connectivity index (χ0v) is 13.6. The fraction of sp³-hybridized carbons (Fsp3) is 0.462. The lowest BCUT2D eigenvalue weighted by molar-refractivity contribution is 0.0260. The van der Waals surface area contributed by atoms with Gasteiger partial charge in [-0.1, -0.05) is 19.4 Å². The lowest BCUT2D eigenvalue weighted by Gasteiger charge is -2.40. The first kappa shape index (κ1) is 16.7. The van der Waals surface area contributed by atoms with E-state index >= 15 is 0 Å². The number of nitrogens with zero attached hydrogens (tertiary/aromatic N) is 5. The normalized spacial score (nSPS) is 26.6. The van der Waals surface area contributed by atoms with E-state index in [1.165, 1.54) is 4.68 Å². The smallest absolute Gasteiger partial charge is 0.310 e. The van der Waals surface area contributed by atoms with Crippen LogP contribution < -0.4 is 0 Å². The molecule has 0 radical (unpaired) electrons. The summed E-state index contributed by atoms with van der Waals surface area (Å²) in [4.78, 5) is 0.201. The zero-order chi connectivity index (χ0) is 17.9. The summed E-state index contributed by atoms with van der Waals surface area (Å²) in [5, 5.41) is 11.2. The van der Waals surface area contributed by atoms with Gasteiger partial charge in [0.05, 0.1) is 24.9 Å². The molecule has 2 aliphatic heterocycles. The van der Waals surface area contributed by atoms with E-state index in [0.29, 0.717) is 31.1 Å². The van der Waals surface area contributed by atoms with Gasteiger partial charge in [0.25, 0.3) is 0 Å². The lowest BCUT2D eigenvalue weighted by Crippen LogP contribution is -2.37. The summed E-state index contributed by atoms with van der Waals surface area (Å²) < 4.78 is 70.7. The Balaban J connectivity index is 1.58. The van der Waals surface area contributed by atoms with E-state index in [2.05, 4.69) is 20.4 Å². The highest BCUT2D eigenvalue weighted by Crippen LogP contribution is 3.02. The summed E-state index contributed by atoms with van der Waals surface area (Å²) in [6, 6.07) is 2.85. The second kappa shape index (κ2) is 4.68. The molecular formula is C13H14F5N5OS. The highest BCUT2D eigenvalue weighted by atomic mass is 32.5. The summed E-state index contributed by atoms with van der Waals surface area (Å²) in [5.41, 5.74) is 0.186. The summed E-state index contributed by atoms with van der Waals surface area (Å²) in [7, 11) is -9.68. The number of fused-ring (bicyclic) bond motifs is 2. The van der Waals surface area contributed by atoms with Crippen LogP contribution >= 0.6 is 10.2 Å². The fourth-order valence-corrected chi connectivity index (χ4v) is 3.85. The van der Waals surface area contributed by atoms with Gasteiger partial charge in [0, 0.05) is 12.6 Å². The Morgan fingerprint density at radius 2 is 1.84 bits per heavy atom. The molecule has 1 aromatic carbocycles. The molecule has 0 unspecified atom stereocenters. The van der Waals surface area contributed by atoms with Gasteiger partial charge < -0.3 is 4.74 Å². The van der Waals surface area contributed by atoms with Gasteiger partial charge >= 0.3 is 10.2 Å². The molecule has 2 bridgehead atoms. The van der Waals surface area contributed by atoms with Crippen LogP contribution in [0.3, 0.4) is 0 Å². The second-order valence-corrected chi connectivity index (χ2v) is 8.65. The molecule has 25 heavy (non-hydrogen) atoms. The average Bonchev–Trinajstić information content (AvgIpc) is 3.21. The van der Waals surface area contributed by atoms with E-state index in [1.54, 1.807) is 0 Å². The monoisotopic (exact) mass is 383 g/mol. The van der Waals surface area contributed by atoms with Crippen LogP contribution in [-0.2, 0) is 11.3 Å². The van der Waals surface area contributed by atoms with Crippen LogP contribution in [0, 0.1) is 0 Å². The highest BCUT2D eigenvalue weighted by molar-refractivity contribution is 8.45. The largest absolute Gasteiger partial charge is 0.375 e. The van der Waals surface area contributed by atoms with E-state index in [4.69, 9.17) is 4.74 Å². The molecule has 2 fully saturated rings. The van der Waals surface area contributed by atoms with E-state index in [9.17, 15) is 19.4 Å². The Morgan fingerprint density at radius 3 is 2.40 bits per heavy atom. The van der Waals surface area contributed by atoms with Crippen molar-refractivity contribution in [3.63, 3.8) is 0 Å². The van der Waals surface area contributed by atoms with Crippen LogP contribution in [0.2, 0.25) is 0 Å². The maximum absolute atomic E-state index is 12.8. The molecule has 2 aromatic rings. The Labute approximate surface area is 139 Å². The van der Waals surface area contributed by atoms with Crippen molar-refractivity contribution >= 4 is 10.2 Å². The summed E-state index contributed by atoms with van der Waals surface area (Å²) in [6.45, 7) is 1.77. The molecule has 0 N–H and O–H groups in total. The average molecular weight is 383 g/mol. The first-order valence-electron chi connectivity index (χ1n) is 7.47. The maximum Gasteiger partial charge on any atom is 0.310 e. The van der Waals surface area contributed by atoms with Crippen molar-refractivity contribution in [1.29, 1.82) is 0 Å². The summed E-state index contributed by atoms with van der Waals surface area (Å²) >= 11 is 0. The number of tetrazole rings is 1. The Morgan fingerprint density at radius 1 is 1.12 bits per heavy atom. The fourth-order valence-electron chi connectivity index (χ4n) is 3.20. The van der Waals surface area contributed by atoms with Crippen LogP contribution in [0.25, 0.3) is 5.69 Å². The third-order valence-corrected chi connectivity index (χ3v) is 5.58.